The van der Waals surface area contributed by atoms with Gasteiger partial charge in [-0.1, -0.05) is 23.7 Å². The Labute approximate surface area is 190 Å². The van der Waals surface area contributed by atoms with Gasteiger partial charge in [-0.15, -0.1) is 0 Å². The van der Waals surface area contributed by atoms with E-state index in [-0.39, 0.29) is 16.1 Å². The maximum absolute atomic E-state index is 14.4. The van der Waals surface area contributed by atoms with E-state index in [0.29, 0.717) is 35.7 Å². The van der Waals surface area contributed by atoms with Crippen molar-refractivity contribution in [3.8, 4) is 0 Å². The monoisotopic (exact) mass is 455 g/mol. The maximum Gasteiger partial charge on any atom is 0.336 e. The number of allylic oxidation sites excluding steroid dienone is 1. The smallest absolute Gasteiger partial charge is 0.336 e. The van der Waals surface area contributed by atoms with E-state index in [4.69, 9.17) is 17.0 Å². The highest BCUT2D eigenvalue weighted by atomic mass is 35.5. The molecule has 8 heteroatoms. The molecule has 0 radical (unpaired) electrons. The second-order valence-electron chi connectivity index (χ2n) is 8.26. The van der Waals surface area contributed by atoms with Gasteiger partial charge in [0, 0.05) is 40.3 Å². The van der Waals surface area contributed by atoms with E-state index < -0.39 is 23.1 Å². The van der Waals surface area contributed by atoms with Gasteiger partial charge in [0.25, 0.3) is 0 Å². The van der Waals surface area contributed by atoms with E-state index in [9.17, 15) is 19.1 Å². The third kappa shape index (κ3) is 4.25. The summed E-state index contributed by atoms with van der Waals surface area (Å²) in [4.78, 5) is 24.9. The molecule has 0 spiro atoms. The number of aromatic carboxylic acids is 1. The molecule has 0 bridgehead atoms. The van der Waals surface area contributed by atoms with Crippen LogP contribution in [0.4, 0.5) is 10.1 Å². The number of carbonyl (C=O) groups excluding carboxylic acids is 1. The number of benzene rings is 2. The molecule has 2 saturated carbocycles. The van der Waals surface area contributed by atoms with Crippen molar-refractivity contribution in [2.24, 2.45) is 0 Å². The molecule has 32 heavy (non-hydrogen) atoms. The number of carboxylic acid groups (broad SMARTS) is 1. The molecular formula is C24H23ClFN3O3. The lowest BCUT2D eigenvalue weighted by Gasteiger charge is -2.26. The highest BCUT2D eigenvalue weighted by Crippen LogP contribution is 2.50. The SMILES string of the molecule is N=C/C(=C\NC1CCC1)c1ccc(NC(=O)C2(c3ccc(Cl)cc3F)CC2)cc1C(=O)O. The zero-order valence-corrected chi connectivity index (χ0v) is 18.0. The predicted molar refractivity (Wildman–Crippen MR) is 122 cm³/mol. The summed E-state index contributed by atoms with van der Waals surface area (Å²) >= 11 is 5.83. The highest BCUT2D eigenvalue weighted by molar-refractivity contribution is 6.30. The largest absolute Gasteiger partial charge is 0.478 e. The quantitative estimate of drug-likeness (QED) is 0.421. The number of amides is 1. The number of nitrogens with one attached hydrogen (secondary N) is 3. The molecule has 0 aromatic heterocycles. The first-order valence-electron chi connectivity index (χ1n) is 10.5. The molecule has 166 valence electrons. The van der Waals surface area contributed by atoms with Crippen molar-refractivity contribution in [1.29, 1.82) is 5.41 Å². The Bertz CT molecular complexity index is 1120. The molecule has 4 rings (SSSR count). The lowest BCUT2D eigenvalue weighted by molar-refractivity contribution is -0.118. The van der Waals surface area contributed by atoms with Gasteiger partial charge in [-0.3, -0.25) is 4.79 Å². The Balaban J connectivity index is 1.58. The molecule has 0 heterocycles. The van der Waals surface area contributed by atoms with E-state index in [2.05, 4.69) is 10.6 Å². The molecule has 0 atom stereocenters. The molecule has 2 aliphatic rings. The summed E-state index contributed by atoms with van der Waals surface area (Å²) in [5, 5.41) is 23.6. The van der Waals surface area contributed by atoms with Crippen molar-refractivity contribution >= 4 is 41.0 Å². The van der Waals surface area contributed by atoms with Crippen molar-refractivity contribution in [1.82, 2.24) is 5.32 Å². The van der Waals surface area contributed by atoms with Gasteiger partial charge in [0.15, 0.2) is 0 Å². The Morgan fingerprint density at radius 2 is 1.91 bits per heavy atom. The molecule has 6 nitrogen and oxygen atoms in total. The lowest BCUT2D eigenvalue weighted by Crippen LogP contribution is -2.31. The first-order valence-corrected chi connectivity index (χ1v) is 10.8. The van der Waals surface area contributed by atoms with Gasteiger partial charge in [0.2, 0.25) is 5.91 Å². The second-order valence-corrected chi connectivity index (χ2v) is 8.70. The molecule has 2 fully saturated rings. The number of anilines is 1. The summed E-state index contributed by atoms with van der Waals surface area (Å²) in [7, 11) is 0. The summed E-state index contributed by atoms with van der Waals surface area (Å²) in [6, 6.07) is 9.13. The summed E-state index contributed by atoms with van der Waals surface area (Å²) in [6.07, 6.45) is 7.02. The zero-order valence-electron chi connectivity index (χ0n) is 17.3. The van der Waals surface area contributed by atoms with Crippen LogP contribution in [-0.4, -0.2) is 29.2 Å². The average Bonchev–Trinajstić information content (AvgIpc) is 3.52. The minimum atomic E-state index is -1.17. The Hall–Kier alpha value is -3.19. The number of rotatable bonds is 8. The van der Waals surface area contributed by atoms with Crippen molar-refractivity contribution in [3.63, 3.8) is 0 Å². The summed E-state index contributed by atoms with van der Waals surface area (Å²) in [5.41, 5.74) is 0.383. The molecule has 1 amide bonds. The highest BCUT2D eigenvalue weighted by Gasteiger charge is 2.52. The minimum Gasteiger partial charge on any atom is -0.478 e. The third-order valence-electron chi connectivity index (χ3n) is 6.19. The molecule has 2 aromatic carbocycles. The van der Waals surface area contributed by atoms with Crippen LogP contribution in [0.2, 0.25) is 5.02 Å². The number of hydrogen-bond acceptors (Lipinski definition) is 4. The maximum atomic E-state index is 14.4. The molecule has 2 aromatic rings. The van der Waals surface area contributed by atoms with Crippen LogP contribution in [0.1, 0.15) is 53.6 Å². The molecular weight excluding hydrogens is 433 g/mol. The zero-order chi connectivity index (χ0) is 22.9. The fourth-order valence-electron chi connectivity index (χ4n) is 3.90. The second kappa shape index (κ2) is 8.74. The predicted octanol–water partition coefficient (Wildman–Crippen LogP) is 4.98. The van der Waals surface area contributed by atoms with Crippen LogP contribution < -0.4 is 10.6 Å². The van der Waals surface area contributed by atoms with E-state index in [0.717, 1.165) is 25.5 Å². The van der Waals surface area contributed by atoms with Crippen LogP contribution in [0.15, 0.2) is 42.6 Å². The van der Waals surface area contributed by atoms with Gasteiger partial charge in [-0.2, -0.15) is 0 Å². The number of carbonyl (C=O) groups is 2. The fourth-order valence-corrected chi connectivity index (χ4v) is 4.06. The lowest BCUT2D eigenvalue weighted by atomic mass is 9.93. The van der Waals surface area contributed by atoms with Crippen LogP contribution in [0, 0.1) is 11.2 Å². The van der Waals surface area contributed by atoms with Gasteiger partial charge in [-0.05, 0) is 61.9 Å². The van der Waals surface area contributed by atoms with Crippen LogP contribution in [0.25, 0.3) is 5.57 Å². The summed E-state index contributed by atoms with van der Waals surface area (Å²) in [5.74, 6) is -2.10. The first-order chi connectivity index (χ1) is 15.3. The van der Waals surface area contributed by atoms with Crippen LogP contribution in [-0.2, 0) is 10.2 Å². The van der Waals surface area contributed by atoms with E-state index in [1.807, 2.05) is 0 Å². The standard InChI is InChI=1S/C24H23ClFN3O3/c25-15-4-7-20(21(26)10-15)24(8-9-24)23(32)29-17-5-6-18(19(11-17)22(30)31)14(12-27)13-28-16-2-1-3-16/h4-7,10-13,16,27-28H,1-3,8-9H2,(H,29,32)(H,30,31)/b14-13+,27-12?. The Kier molecular flexibility index (Phi) is 6.02. The van der Waals surface area contributed by atoms with Crippen LogP contribution in [0.3, 0.4) is 0 Å². The minimum absolute atomic E-state index is 0.0320. The number of carboxylic acids is 1. The Morgan fingerprint density at radius 3 is 2.47 bits per heavy atom. The van der Waals surface area contributed by atoms with Gasteiger partial charge in [-0.25, -0.2) is 9.18 Å². The van der Waals surface area contributed by atoms with E-state index in [1.54, 1.807) is 24.4 Å². The molecule has 4 N–H and O–H groups in total. The van der Waals surface area contributed by atoms with Gasteiger partial charge < -0.3 is 21.1 Å². The normalized spacial score (nSPS) is 17.2. The molecule has 0 aliphatic heterocycles. The van der Waals surface area contributed by atoms with Gasteiger partial charge in [0.05, 0.1) is 11.0 Å². The number of halogens is 2. The van der Waals surface area contributed by atoms with Gasteiger partial charge in [0.1, 0.15) is 5.82 Å². The third-order valence-corrected chi connectivity index (χ3v) is 6.42. The molecule has 0 unspecified atom stereocenters. The average molecular weight is 456 g/mol. The summed E-state index contributed by atoms with van der Waals surface area (Å²) in [6.45, 7) is 0. The topological polar surface area (TPSA) is 102 Å². The van der Waals surface area contributed by atoms with E-state index in [1.165, 1.54) is 18.2 Å². The van der Waals surface area contributed by atoms with Crippen molar-refractivity contribution in [2.75, 3.05) is 5.32 Å². The van der Waals surface area contributed by atoms with Crippen LogP contribution >= 0.6 is 11.6 Å². The van der Waals surface area contributed by atoms with Crippen molar-refractivity contribution < 1.29 is 19.1 Å². The molecule has 0 saturated heterocycles. The Morgan fingerprint density at radius 1 is 1.16 bits per heavy atom. The first kappa shape index (κ1) is 22.0. The van der Waals surface area contributed by atoms with Gasteiger partial charge >= 0.3 is 5.97 Å². The van der Waals surface area contributed by atoms with Crippen molar-refractivity contribution in [2.45, 2.75) is 43.6 Å². The fraction of sp³-hybridized carbons (Fsp3) is 0.292. The number of hydrogen-bond donors (Lipinski definition) is 4. The van der Waals surface area contributed by atoms with E-state index >= 15 is 0 Å². The summed E-state index contributed by atoms with van der Waals surface area (Å²) < 4.78 is 14.4. The molecule has 2 aliphatic carbocycles. The van der Waals surface area contributed by atoms with Crippen LogP contribution in [0.5, 0.6) is 0 Å². The van der Waals surface area contributed by atoms with Crippen molar-refractivity contribution in [3.05, 3.63) is 70.1 Å².